The van der Waals surface area contributed by atoms with Gasteiger partial charge in [-0.1, -0.05) is 6.92 Å². The van der Waals surface area contributed by atoms with E-state index in [9.17, 15) is 4.79 Å². The van der Waals surface area contributed by atoms with Crippen LogP contribution in [-0.2, 0) is 4.79 Å². The van der Waals surface area contributed by atoms with Crippen LogP contribution in [0.4, 0.5) is 0 Å². The summed E-state index contributed by atoms with van der Waals surface area (Å²) in [4.78, 5) is 13.3. The standard InChI is InChI=1S/C13H25N3O2/c1-12(3-5-16(2)6-4-12)8-15-13(7-11(17)18)9-14-10-13/h14-15H,3-10H2,1-2H3,(H,17,18). The molecule has 5 heteroatoms. The summed E-state index contributed by atoms with van der Waals surface area (Å²) in [5.74, 6) is -0.711. The predicted molar refractivity (Wildman–Crippen MR) is 70.7 cm³/mol. The second kappa shape index (κ2) is 5.15. The summed E-state index contributed by atoms with van der Waals surface area (Å²) < 4.78 is 0. The fourth-order valence-corrected chi connectivity index (χ4v) is 2.76. The Morgan fingerprint density at radius 1 is 1.39 bits per heavy atom. The Bertz CT molecular complexity index is 307. The maximum atomic E-state index is 10.9. The highest BCUT2D eigenvalue weighted by molar-refractivity contribution is 5.68. The third-order valence-corrected chi connectivity index (χ3v) is 4.50. The first-order chi connectivity index (χ1) is 8.43. The smallest absolute Gasteiger partial charge is 0.305 e. The second-order valence-corrected chi connectivity index (χ2v) is 6.42. The fraction of sp³-hybridized carbons (Fsp3) is 0.923. The molecule has 0 aliphatic carbocycles. The van der Waals surface area contributed by atoms with E-state index in [4.69, 9.17) is 5.11 Å². The van der Waals surface area contributed by atoms with Crippen molar-refractivity contribution in [2.75, 3.05) is 39.8 Å². The zero-order chi connectivity index (χ0) is 13.2. The van der Waals surface area contributed by atoms with E-state index in [2.05, 4.69) is 29.5 Å². The average Bonchev–Trinajstić information content (AvgIpc) is 2.26. The Hall–Kier alpha value is -0.650. The van der Waals surface area contributed by atoms with Crippen LogP contribution < -0.4 is 10.6 Å². The molecule has 0 saturated carbocycles. The number of aliphatic carboxylic acids is 1. The van der Waals surface area contributed by atoms with Gasteiger partial charge in [-0.3, -0.25) is 4.79 Å². The van der Waals surface area contributed by atoms with Crippen molar-refractivity contribution < 1.29 is 9.90 Å². The van der Waals surface area contributed by atoms with E-state index in [1.807, 2.05) is 0 Å². The molecule has 104 valence electrons. The minimum absolute atomic E-state index is 0.210. The van der Waals surface area contributed by atoms with E-state index in [-0.39, 0.29) is 12.0 Å². The summed E-state index contributed by atoms with van der Waals surface area (Å²) in [6, 6.07) is 0. The number of carboxylic acids is 1. The summed E-state index contributed by atoms with van der Waals surface area (Å²) >= 11 is 0. The van der Waals surface area contributed by atoms with Crippen LogP contribution in [0.3, 0.4) is 0 Å². The van der Waals surface area contributed by atoms with Gasteiger partial charge in [-0.2, -0.15) is 0 Å². The van der Waals surface area contributed by atoms with Crippen molar-refractivity contribution in [2.45, 2.75) is 31.7 Å². The predicted octanol–water partition coefficient (Wildman–Crippen LogP) is 0.125. The molecule has 5 nitrogen and oxygen atoms in total. The molecule has 2 aliphatic rings. The van der Waals surface area contributed by atoms with Crippen LogP contribution in [0.15, 0.2) is 0 Å². The Kier molecular flexibility index (Phi) is 3.94. The van der Waals surface area contributed by atoms with Crippen molar-refractivity contribution >= 4 is 5.97 Å². The molecular formula is C13H25N3O2. The highest BCUT2D eigenvalue weighted by Gasteiger charge is 2.40. The quantitative estimate of drug-likeness (QED) is 0.651. The van der Waals surface area contributed by atoms with Crippen molar-refractivity contribution in [2.24, 2.45) is 5.41 Å². The van der Waals surface area contributed by atoms with E-state index in [1.54, 1.807) is 0 Å². The summed E-state index contributed by atoms with van der Waals surface area (Å²) in [6.45, 7) is 7.07. The molecule has 2 rings (SSSR count). The molecule has 0 aromatic rings. The van der Waals surface area contributed by atoms with Gasteiger partial charge in [0.1, 0.15) is 0 Å². The number of hydrogen-bond donors (Lipinski definition) is 3. The Morgan fingerprint density at radius 2 is 2.00 bits per heavy atom. The van der Waals surface area contributed by atoms with Crippen molar-refractivity contribution in [3.05, 3.63) is 0 Å². The minimum atomic E-state index is -0.711. The lowest BCUT2D eigenvalue weighted by Gasteiger charge is -2.46. The second-order valence-electron chi connectivity index (χ2n) is 6.42. The molecule has 0 unspecified atom stereocenters. The van der Waals surface area contributed by atoms with Gasteiger partial charge in [0, 0.05) is 19.6 Å². The summed E-state index contributed by atoms with van der Waals surface area (Å²) in [6.07, 6.45) is 2.59. The van der Waals surface area contributed by atoms with Crippen LogP contribution in [0.1, 0.15) is 26.2 Å². The van der Waals surface area contributed by atoms with Gasteiger partial charge < -0.3 is 20.6 Å². The summed E-state index contributed by atoms with van der Waals surface area (Å²) in [7, 11) is 2.16. The van der Waals surface area contributed by atoms with Gasteiger partial charge in [-0.15, -0.1) is 0 Å². The van der Waals surface area contributed by atoms with Gasteiger partial charge >= 0.3 is 5.97 Å². The summed E-state index contributed by atoms with van der Waals surface area (Å²) in [5.41, 5.74) is 0.103. The van der Waals surface area contributed by atoms with Gasteiger partial charge in [-0.05, 0) is 38.4 Å². The van der Waals surface area contributed by atoms with Crippen molar-refractivity contribution in [1.29, 1.82) is 0 Å². The molecule has 0 spiro atoms. The number of hydrogen-bond acceptors (Lipinski definition) is 4. The van der Waals surface area contributed by atoms with E-state index in [0.717, 1.165) is 32.7 Å². The molecule has 0 bridgehead atoms. The zero-order valence-corrected chi connectivity index (χ0v) is 11.5. The van der Waals surface area contributed by atoms with Crippen molar-refractivity contribution in [3.8, 4) is 0 Å². The topological polar surface area (TPSA) is 64.6 Å². The molecule has 0 aromatic carbocycles. The SMILES string of the molecule is CN1CCC(C)(CNC2(CC(=O)O)CNC2)CC1. The fourth-order valence-electron chi connectivity index (χ4n) is 2.76. The van der Waals surface area contributed by atoms with Crippen LogP contribution in [0.2, 0.25) is 0 Å². The van der Waals surface area contributed by atoms with Gasteiger partial charge in [0.2, 0.25) is 0 Å². The highest BCUT2D eigenvalue weighted by atomic mass is 16.4. The van der Waals surface area contributed by atoms with Crippen molar-refractivity contribution in [3.63, 3.8) is 0 Å². The Morgan fingerprint density at radius 3 is 2.44 bits per heavy atom. The lowest BCUT2D eigenvalue weighted by molar-refractivity contribution is -0.139. The Balaban J connectivity index is 1.84. The molecule has 2 heterocycles. The molecule has 0 aromatic heterocycles. The molecule has 0 atom stereocenters. The van der Waals surface area contributed by atoms with E-state index >= 15 is 0 Å². The third-order valence-electron chi connectivity index (χ3n) is 4.50. The molecule has 2 saturated heterocycles. The Labute approximate surface area is 109 Å². The van der Waals surface area contributed by atoms with Crippen LogP contribution in [-0.4, -0.2) is 61.3 Å². The number of carboxylic acid groups (broad SMARTS) is 1. The van der Waals surface area contributed by atoms with Crippen LogP contribution in [0.5, 0.6) is 0 Å². The van der Waals surface area contributed by atoms with E-state index < -0.39 is 5.97 Å². The third kappa shape index (κ3) is 3.22. The zero-order valence-electron chi connectivity index (χ0n) is 11.5. The van der Waals surface area contributed by atoms with E-state index in [0.29, 0.717) is 5.41 Å². The number of piperidine rings is 1. The van der Waals surface area contributed by atoms with E-state index in [1.165, 1.54) is 12.8 Å². The first kappa shape index (κ1) is 13.8. The van der Waals surface area contributed by atoms with Crippen LogP contribution in [0.25, 0.3) is 0 Å². The number of nitrogens with zero attached hydrogens (tertiary/aromatic N) is 1. The molecule has 2 aliphatic heterocycles. The first-order valence-electron chi connectivity index (χ1n) is 6.79. The van der Waals surface area contributed by atoms with Gasteiger partial charge in [-0.25, -0.2) is 0 Å². The van der Waals surface area contributed by atoms with Gasteiger partial charge in [0.15, 0.2) is 0 Å². The molecule has 0 amide bonds. The van der Waals surface area contributed by atoms with Gasteiger partial charge in [0.25, 0.3) is 0 Å². The number of carbonyl (C=O) groups is 1. The largest absolute Gasteiger partial charge is 0.481 e. The van der Waals surface area contributed by atoms with Gasteiger partial charge in [0.05, 0.1) is 12.0 Å². The maximum absolute atomic E-state index is 10.9. The number of rotatable bonds is 5. The molecular weight excluding hydrogens is 230 g/mol. The minimum Gasteiger partial charge on any atom is -0.481 e. The number of nitrogens with one attached hydrogen (secondary N) is 2. The lowest BCUT2D eigenvalue weighted by atomic mass is 9.78. The number of likely N-dealkylation sites (tertiary alicyclic amines) is 1. The van der Waals surface area contributed by atoms with Crippen LogP contribution >= 0.6 is 0 Å². The average molecular weight is 255 g/mol. The summed E-state index contributed by atoms with van der Waals surface area (Å²) in [5, 5.41) is 15.7. The molecule has 2 fully saturated rings. The first-order valence-corrected chi connectivity index (χ1v) is 6.79. The normalized spacial score (nSPS) is 26.6. The molecule has 0 radical (unpaired) electrons. The monoisotopic (exact) mass is 255 g/mol. The molecule has 18 heavy (non-hydrogen) atoms. The van der Waals surface area contributed by atoms with Crippen molar-refractivity contribution in [1.82, 2.24) is 15.5 Å². The highest BCUT2D eigenvalue weighted by Crippen LogP contribution is 2.30. The lowest BCUT2D eigenvalue weighted by Crippen LogP contribution is -2.69. The maximum Gasteiger partial charge on any atom is 0.305 e. The molecule has 3 N–H and O–H groups in total. The van der Waals surface area contributed by atoms with Crippen LogP contribution in [0, 0.1) is 5.41 Å².